The van der Waals surface area contributed by atoms with Gasteiger partial charge in [0.15, 0.2) is 0 Å². The maximum Gasteiger partial charge on any atom is 2.00 e. The molecule has 0 aliphatic rings. The molecule has 8 nitrogen and oxygen atoms in total. The van der Waals surface area contributed by atoms with Gasteiger partial charge in [-0.15, -0.1) is 0 Å². The van der Waals surface area contributed by atoms with Gasteiger partial charge in [0, 0.05) is 46.0 Å². The van der Waals surface area contributed by atoms with Crippen molar-refractivity contribution in [2.24, 2.45) is 0 Å². The van der Waals surface area contributed by atoms with Gasteiger partial charge < -0.3 is 4.85 Å². The second kappa shape index (κ2) is 57.6. The Morgan fingerprint density at radius 1 is 0.531 bits per heavy atom. The molecule has 0 amide bonds. The molecule has 49 heavy (non-hydrogen) atoms. The van der Waals surface area contributed by atoms with Gasteiger partial charge in [-0.3, -0.25) is 5.90 Å². The molecule has 0 bridgehead atoms. The van der Waals surface area contributed by atoms with E-state index in [9.17, 15) is 0 Å². The first-order chi connectivity index (χ1) is 22.8. The number of hydrogen-bond donors (Lipinski definition) is 0. The summed E-state index contributed by atoms with van der Waals surface area (Å²) in [5.41, 5.74) is 0. The fourth-order valence-corrected chi connectivity index (χ4v) is 8.62. The second-order valence-corrected chi connectivity index (χ2v) is 11.4. The van der Waals surface area contributed by atoms with E-state index in [0.717, 1.165) is 6.42 Å². The van der Waals surface area contributed by atoms with E-state index in [1.807, 2.05) is 19.1 Å². The van der Waals surface area contributed by atoms with Gasteiger partial charge in [-0.25, -0.2) is 14.5 Å². The zero-order valence-electron chi connectivity index (χ0n) is 25.7. The van der Waals surface area contributed by atoms with Crippen molar-refractivity contribution in [2.45, 2.75) is 13.3 Å². The van der Waals surface area contributed by atoms with Crippen molar-refractivity contribution in [3.8, 4) is 0 Å². The van der Waals surface area contributed by atoms with Gasteiger partial charge in [0.1, 0.15) is 0 Å². The summed E-state index contributed by atoms with van der Waals surface area (Å²) in [6.45, 7) is 40.4. The fourth-order valence-electron chi connectivity index (χ4n) is 3.08. The summed E-state index contributed by atoms with van der Waals surface area (Å²) in [5, 5.41) is 5.42. The summed E-state index contributed by atoms with van der Waals surface area (Å²) in [6, 6.07) is 44.5. The van der Waals surface area contributed by atoms with Crippen LogP contribution in [0.25, 0.3) is 4.85 Å². The van der Waals surface area contributed by atoms with Crippen LogP contribution in [-0.2, 0) is 91.9 Å². The Bertz CT molecular complexity index is 1190. The fraction of sp³-hybridized carbons (Fsp3) is 0.0833. The Balaban J connectivity index is -0.000000110. The van der Waals surface area contributed by atoms with Crippen LogP contribution >= 0.6 is 15.8 Å². The van der Waals surface area contributed by atoms with Crippen molar-refractivity contribution in [2.75, 3.05) is 6.54 Å². The molecule has 0 heterocycles. The Hall–Kier alpha value is -2.68. The quantitative estimate of drug-likeness (QED) is 0.118. The van der Waals surface area contributed by atoms with Crippen LogP contribution in [0, 0.1) is 65.1 Å². The normalized spacial score (nSPS) is 7.57. The van der Waals surface area contributed by atoms with E-state index in [0.29, 0.717) is 6.54 Å². The zero-order valence-corrected chi connectivity index (χ0v) is 35.1. The second-order valence-electron chi connectivity index (χ2n) is 6.99. The molecule has 4 aromatic carbocycles. The first-order valence-electron chi connectivity index (χ1n) is 12.1. The van der Waals surface area contributed by atoms with E-state index in [1.54, 1.807) is 0 Å². The molecule has 1 atom stereocenters. The number of benzene rings is 4. The maximum atomic E-state index is 7.50. The van der Waals surface area contributed by atoms with Crippen molar-refractivity contribution in [3.05, 3.63) is 185 Å². The van der Waals surface area contributed by atoms with Crippen LogP contribution in [0.15, 0.2) is 115 Å². The smallest absolute Gasteiger partial charge is 0.261 e. The Kier molecular flexibility index (Phi) is 76.1. The number of hydrogen-bond acceptors (Lipinski definition) is 0. The van der Waals surface area contributed by atoms with Gasteiger partial charge in [-0.2, -0.15) is 43.6 Å². The third-order valence-electron chi connectivity index (χ3n) is 4.62. The van der Waals surface area contributed by atoms with Crippen LogP contribution < -0.4 is 21.2 Å². The van der Waals surface area contributed by atoms with Gasteiger partial charge in [0.2, 0.25) is 6.54 Å². The largest absolute Gasteiger partial charge is 2.00 e. The van der Waals surface area contributed by atoms with Gasteiger partial charge in [-0.1, -0.05) is 114 Å². The standard InChI is InChI=1S/C25H20P2.C4H7N.7CO.3Os/c1-5-13-22(14-6-1)26(23-15-7-2-8-16-23)21-27(24-17-9-3-10-18-24)25-19-11-4-12-20-25;1-3-4-5-2;7*1-2;;;/h1-19,21H;3-4H2,1H3;;;;;;;;;;/q-2;;;;;;;;;;;+2. The van der Waals surface area contributed by atoms with E-state index in [2.05, 4.69) is 166 Å². The molecule has 4 rings (SSSR count). The van der Waals surface area contributed by atoms with E-state index in [-0.39, 0.29) is 59.4 Å². The van der Waals surface area contributed by atoms with E-state index in [4.69, 9.17) is 39.1 Å². The molecule has 0 aliphatic heterocycles. The van der Waals surface area contributed by atoms with Gasteiger partial charge >= 0.3 is 98.9 Å². The predicted molar refractivity (Wildman–Crippen MR) is 171 cm³/mol. The van der Waals surface area contributed by atoms with Crippen molar-refractivity contribution in [1.29, 1.82) is 0 Å². The first kappa shape index (κ1) is 64.8. The molecule has 0 radical (unpaired) electrons. The first-order valence-corrected chi connectivity index (χ1v) is 15.0. The minimum Gasteiger partial charge on any atom is -0.261 e. The molecular weight excluding hydrogens is 1190 g/mol. The summed E-state index contributed by atoms with van der Waals surface area (Å²) < 4.78 is 52.5. The number of rotatable bonds is 7. The van der Waals surface area contributed by atoms with Gasteiger partial charge in [0.05, 0.1) is 0 Å². The molecule has 252 valence electrons. The summed E-state index contributed by atoms with van der Waals surface area (Å²) >= 11 is 0. The molecule has 0 aliphatic carbocycles. The van der Waals surface area contributed by atoms with Crippen LogP contribution in [0.2, 0.25) is 0 Å². The van der Waals surface area contributed by atoms with E-state index >= 15 is 0 Å². The SMILES string of the molecule is [C-]#[N+]CCC.[C-]#[O+].[C-]#[O+].[C-]#[O+].[C-]#[O+].[C-]#[O+].[C-]#[O+].[C-]#[O+].[Os+2].[Os].[Os].[c-]1ccccc1P([CH-]P(c1ccccc1)c1ccccc1)c1ccccc1. The monoisotopic (exact) mass is 1220 g/mol. The molecule has 0 spiro atoms. The van der Waals surface area contributed by atoms with Crippen LogP contribution in [0.3, 0.4) is 0 Å². The molecule has 13 heteroatoms. The molecule has 0 aromatic heterocycles. The Labute approximate surface area is 331 Å². The minimum atomic E-state index is -0.589. The van der Waals surface area contributed by atoms with Crippen molar-refractivity contribution in [3.63, 3.8) is 0 Å². The minimum absolute atomic E-state index is 0. The van der Waals surface area contributed by atoms with Gasteiger partial charge in [0.25, 0.3) is 0 Å². The van der Waals surface area contributed by atoms with Crippen LogP contribution in [0.5, 0.6) is 0 Å². The molecular formula is C36H27NO7Os3P2. The summed E-state index contributed by atoms with van der Waals surface area (Å²) in [5.74, 6) is 2.58. The van der Waals surface area contributed by atoms with E-state index in [1.165, 1.54) is 21.2 Å². The van der Waals surface area contributed by atoms with Crippen LogP contribution in [0.4, 0.5) is 0 Å². The van der Waals surface area contributed by atoms with Crippen molar-refractivity contribution >= 4 is 37.1 Å². The average Bonchev–Trinajstić information content (AvgIpc) is 3.20. The topological polar surface area (TPSA) is 144 Å². The summed E-state index contributed by atoms with van der Waals surface area (Å²) in [6.07, 6.45) is 0.990. The van der Waals surface area contributed by atoms with Crippen molar-refractivity contribution < 1.29 is 91.9 Å². The Morgan fingerprint density at radius 2 is 0.837 bits per heavy atom. The Morgan fingerprint density at radius 3 is 1.08 bits per heavy atom. The predicted octanol–water partition coefficient (Wildman–Crippen LogP) is 6.22. The van der Waals surface area contributed by atoms with Crippen LogP contribution in [-0.4, -0.2) is 6.54 Å². The van der Waals surface area contributed by atoms with Crippen LogP contribution in [0.1, 0.15) is 13.3 Å². The summed E-state index contributed by atoms with van der Waals surface area (Å²) in [7, 11) is -1.14. The van der Waals surface area contributed by atoms with Gasteiger partial charge in [-0.05, 0) is 0 Å². The maximum absolute atomic E-state index is 7.50. The molecule has 0 saturated carbocycles. The molecule has 1 unspecified atom stereocenters. The zero-order chi connectivity index (χ0) is 36.4. The third kappa shape index (κ3) is 32.3. The molecule has 4 aromatic rings. The number of nitrogens with zero attached hydrogens (tertiary/aromatic N) is 1. The van der Waals surface area contributed by atoms with E-state index < -0.39 is 15.8 Å². The molecule has 0 saturated heterocycles. The molecule has 0 fully saturated rings. The third-order valence-corrected chi connectivity index (χ3v) is 9.83. The molecule has 0 N–H and O–H groups in total. The summed E-state index contributed by atoms with van der Waals surface area (Å²) in [4.78, 5) is 3.10. The van der Waals surface area contributed by atoms with Crippen molar-refractivity contribution in [1.82, 2.24) is 0 Å². The average molecular weight is 1220 g/mol.